The van der Waals surface area contributed by atoms with E-state index in [1.165, 1.54) is 6.20 Å². The number of aromatic nitrogens is 1. The van der Waals surface area contributed by atoms with E-state index in [4.69, 9.17) is 21.1 Å². The van der Waals surface area contributed by atoms with E-state index in [9.17, 15) is 4.79 Å². The number of pyridine rings is 1. The monoisotopic (exact) mass is 270 g/mol. The molecule has 5 nitrogen and oxygen atoms in total. The molecular weight excluding hydrogens is 256 g/mol. The highest BCUT2D eigenvalue weighted by atomic mass is 35.5. The first-order valence-corrected chi connectivity index (χ1v) is 6.00. The maximum atomic E-state index is 12.3. The second-order valence-electron chi connectivity index (χ2n) is 4.13. The van der Waals surface area contributed by atoms with Gasteiger partial charge < -0.3 is 14.4 Å². The molecule has 2 atom stereocenters. The third-order valence-electron chi connectivity index (χ3n) is 3.08. The zero-order valence-corrected chi connectivity index (χ0v) is 11.1. The van der Waals surface area contributed by atoms with Gasteiger partial charge in [-0.1, -0.05) is 11.6 Å². The molecule has 1 fully saturated rings. The van der Waals surface area contributed by atoms with Gasteiger partial charge in [0.2, 0.25) is 0 Å². The standard InChI is InChI=1S/C12H15ClN2O3/c1-17-9-6-15(7-10(9)18-2)12(16)8-3-4-14-11(13)5-8/h3-5,9-10H,6-7H2,1-2H3. The van der Waals surface area contributed by atoms with Gasteiger partial charge in [0.05, 0.1) is 0 Å². The molecule has 0 spiro atoms. The van der Waals surface area contributed by atoms with E-state index in [0.29, 0.717) is 23.8 Å². The lowest BCUT2D eigenvalue weighted by Gasteiger charge is -2.15. The summed E-state index contributed by atoms with van der Waals surface area (Å²) >= 11 is 5.78. The number of nitrogens with zero attached hydrogens (tertiary/aromatic N) is 2. The Morgan fingerprint density at radius 1 is 1.39 bits per heavy atom. The van der Waals surface area contributed by atoms with Crippen LogP contribution in [0.1, 0.15) is 10.4 Å². The number of hydrogen-bond acceptors (Lipinski definition) is 4. The third kappa shape index (κ3) is 2.63. The average molecular weight is 271 g/mol. The molecule has 2 rings (SSSR count). The maximum Gasteiger partial charge on any atom is 0.254 e. The molecule has 1 saturated heterocycles. The Hall–Kier alpha value is -1.17. The first-order chi connectivity index (χ1) is 8.65. The Morgan fingerprint density at radius 3 is 2.50 bits per heavy atom. The van der Waals surface area contributed by atoms with Crippen LogP contribution in [0.2, 0.25) is 5.15 Å². The molecule has 0 bridgehead atoms. The van der Waals surface area contributed by atoms with Crippen LogP contribution in [0, 0.1) is 0 Å². The lowest BCUT2D eigenvalue weighted by atomic mass is 10.2. The molecule has 1 aromatic heterocycles. The second-order valence-corrected chi connectivity index (χ2v) is 4.51. The van der Waals surface area contributed by atoms with Crippen LogP contribution in [-0.4, -0.2) is 55.3 Å². The van der Waals surface area contributed by atoms with Crippen molar-refractivity contribution in [2.75, 3.05) is 27.3 Å². The van der Waals surface area contributed by atoms with Gasteiger partial charge >= 0.3 is 0 Å². The Kier molecular flexibility index (Phi) is 4.16. The summed E-state index contributed by atoms with van der Waals surface area (Å²) in [6, 6.07) is 3.21. The van der Waals surface area contributed by atoms with Crippen molar-refractivity contribution in [2.45, 2.75) is 12.2 Å². The zero-order valence-electron chi connectivity index (χ0n) is 10.3. The van der Waals surface area contributed by atoms with Crippen molar-refractivity contribution in [3.05, 3.63) is 29.0 Å². The summed E-state index contributed by atoms with van der Waals surface area (Å²) in [5.41, 5.74) is 0.529. The van der Waals surface area contributed by atoms with E-state index in [1.54, 1.807) is 31.3 Å². The van der Waals surface area contributed by atoms with Crippen LogP contribution in [0.4, 0.5) is 0 Å². The van der Waals surface area contributed by atoms with Crippen molar-refractivity contribution >= 4 is 17.5 Å². The molecule has 1 aliphatic heterocycles. The van der Waals surface area contributed by atoms with Gasteiger partial charge in [-0.3, -0.25) is 4.79 Å². The van der Waals surface area contributed by atoms with Gasteiger partial charge in [-0.05, 0) is 12.1 Å². The lowest BCUT2D eigenvalue weighted by Crippen LogP contribution is -2.30. The Labute approximate surface area is 111 Å². The minimum absolute atomic E-state index is 0.0825. The molecule has 2 unspecified atom stereocenters. The van der Waals surface area contributed by atoms with E-state index in [1.807, 2.05) is 0 Å². The number of ether oxygens (including phenoxy) is 2. The number of carbonyl (C=O) groups excluding carboxylic acids is 1. The lowest BCUT2D eigenvalue weighted by molar-refractivity contribution is -0.00461. The van der Waals surface area contributed by atoms with Crippen molar-refractivity contribution in [2.24, 2.45) is 0 Å². The van der Waals surface area contributed by atoms with Crippen LogP contribution in [0.25, 0.3) is 0 Å². The number of methoxy groups -OCH3 is 2. The molecule has 0 N–H and O–H groups in total. The topological polar surface area (TPSA) is 51.7 Å². The highest BCUT2D eigenvalue weighted by Crippen LogP contribution is 2.19. The van der Waals surface area contributed by atoms with Crippen molar-refractivity contribution in [1.29, 1.82) is 0 Å². The van der Waals surface area contributed by atoms with E-state index < -0.39 is 0 Å². The Balaban J connectivity index is 2.11. The molecule has 6 heteroatoms. The van der Waals surface area contributed by atoms with E-state index >= 15 is 0 Å². The van der Waals surface area contributed by atoms with Crippen LogP contribution in [0.3, 0.4) is 0 Å². The number of rotatable bonds is 3. The van der Waals surface area contributed by atoms with Gasteiger partial charge in [-0.25, -0.2) is 4.98 Å². The van der Waals surface area contributed by atoms with E-state index in [0.717, 1.165) is 0 Å². The highest BCUT2D eigenvalue weighted by molar-refractivity contribution is 6.29. The number of carbonyl (C=O) groups is 1. The summed E-state index contributed by atoms with van der Waals surface area (Å²) < 4.78 is 10.6. The Morgan fingerprint density at radius 2 is 2.00 bits per heavy atom. The van der Waals surface area contributed by atoms with Crippen molar-refractivity contribution in [1.82, 2.24) is 9.88 Å². The van der Waals surface area contributed by atoms with Crippen LogP contribution < -0.4 is 0 Å². The minimum atomic E-state index is -0.0868. The number of halogens is 1. The van der Waals surface area contributed by atoms with Crippen LogP contribution in [0.15, 0.2) is 18.3 Å². The Bertz CT molecular complexity index is 429. The number of hydrogen-bond donors (Lipinski definition) is 0. The summed E-state index contributed by atoms with van der Waals surface area (Å²) in [6.07, 6.45) is 1.35. The predicted octanol–water partition coefficient (Wildman–Crippen LogP) is 1.22. The first kappa shape index (κ1) is 13.3. The van der Waals surface area contributed by atoms with Gasteiger partial charge in [-0.2, -0.15) is 0 Å². The van der Waals surface area contributed by atoms with Gasteiger partial charge in [0.15, 0.2) is 0 Å². The molecule has 1 amide bonds. The molecule has 0 aliphatic carbocycles. The largest absolute Gasteiger partial charge is 0.377 e. The van der Waals surface area contributed by atoms with Gasteiger partial charge in [0.25, 0.3) is 5.91 Å². The maximum absolute atomic E-state index is 12.3. The molecular formula is C12H15ClN2O3. The highest BCUT2D eigenvalue weighted by Gasteiger charge is 2.35. The minimum Gasteiger partial charge on any atom is -0.377 e. The molecule has 0 radical (unpaired) electrons. The summed E-state index contributed by atoms with van der Waals surface area (Å²) in [5, 5.41) is 0.312. The van der Waals surface area contributed by atoms with Gasteiger partial charge in [0.1, 0.15) is 17.4 Å². The van der Waals surface area contributed by atoms with E-state index in [-0.39, 0.29) is 18.1 Å². The molecule has 0 saturated carbocycles. The molecule has 0 aromatic carbocycles. The molecule has 98 valence electrons. The summed E-state index contributed by atoms with van der Waals surface area (Å²) in [4.78, 5) is 17.8. The fraction of sp³-hybridized carbons (Fsp3) is 0.500. The quantitative estimate of drug-likeness (QED) is 0.775. The van der Waals surface area contributed by atoms with Crippen molar-refractivity contribution < 1.29 is 14.3 Å². The summed E-state index contributed by atoms with van der Waals surface area (Å²) in [7, 11) is 3.24. The summed E-state index contributed by atoms with van der Waals surface area (Å²) in [5.74, 6) is -0.0825. The number of likely N-dealkylation sites (tertiary alicyclic amines) is 1. The molecule has 1 aliphatic rings. The molecule has 18 heavy (non-hydrogen) atoms. The zero-order chi connectivity index (χ0) is 13.1. The van der Waals surface area contributed by atoms with Gasteiger partial charge in [-0.15, -0.1) is 0 Å². The van der Waals surface area contributed by atoms with Crippen LogP contribution >= 0.6 is 11.6 Å². The van der Waals surface area contributed by atoms with Crippen molar-refractivity contribution in [3.8, 4) is 0 Å². The SMILES string of the molecule is COC1CN(C(=O)c2ccnc(Cl)c2)CC1OC. The fourth-order valence-corrected chi connectivity index (χ4v) is 2.25. The van der Waals surface area contributed by atoms with Crippen LogP contribution in [0.5, 0.6) is 0 Å². The first-order valence-electron chi connectivity index (χ1n) is 5.62. The van der Waals surface area contributed by atoms with Crippen LogP contribution in [-0.2, 0) is 9.47 Å². The second kappa shape index (κ2) is 5.65. The fourth-order valence-electron chi connectivity index (χ4n) is 2.08. The predicted molar refractivity (Wildman–Crippen MR) is 66.7 cm³/mol. The van der Waals surface area contributed by atoms with Crippen molar-refractivity contribution in [3.63, 3.8) is 0 Å². The molecule has 1 aromatic rings. The molecule has 2 heterocycles. The van der Waals surface area contributed by atoms with Gasteiger partial charge in [0, 0.05) is 39.1 Å². The summed E-state index contributed by atoms with van der Waals surface area (Å²) in [6.45, 7) is 1.04. The third-order valence-corrected chi connectivity index (χ3v) is 3.29. The van der Waals surface area contributed by atoms with E-state index in [2.05, 4.69) is 4.98 Å². The smallest absolute Gasteiger partial charge is 0.254 e. The number of amides is 1. The average Bonchev–Trinajstić information content (AvgIpc) is 2.81. The normalized spacial score (nSPS) is 23.4.